The van der Waals surface area contributed by atoms with E-state index in [1.165, 1.54) is 11.6 Å². The Bertz CT molecular complexity index is 724. The molecule has 0 bridgehead atoms. The first-order valence-electron chi connectivity index (χ1n) is 8.16. The minimum atomic E-state index is -0.910. The summed E-state index contributed by atoms with van der Waals surface area (Å²) >= 11 is 1.63. The van der Waals surface area contributed by atoms with Gasteiger partial charge in [0.1, 0.15) is 6.10 Å². The van der Waals surface area contributed by atoms with Crippen LogP contribution in [0.1, 0.15) is 30.1 Å². The molecule has 134 valence electrons. The van der Waals surface area contributed by atoms with Gasteiger partial charge < -0.3 is 15.0 Å². The molecule has 1 aromatic heterocycles. The van der Waals surface area contributed by atoms with Gasteiger partial charge in [-0.3, -0.25) is 0 Å². The third-order valence-electron chi connectivity index (χ3n) is 4.34. The lowest BCUT2D eigenvalue weighted by molar-refractivity contribution is -0.0156. The van der Waals surface area contributed by atoms with Gasteiger partial charge in [-0.1, -0.05) is 13.0 Å². The molecule has 1 aromatic carbocycles. The Morgan fingerprint density at radius 3 is 2.96 bits per heavy atom. The largest absolute Gasteiger partial charge is 0.370 e. The van der Waals surface area contributed by atoms with Crippen molar-refractivity contribution in [3.8, 4) is 0 Å². The van der Waals surface area contributed by atoms with E-state index in [1.54, 1.807) is 16.2 Å². The second-order valence-corrected chi connectivity index (χ2v) is 6.90. The third kappa shape index (κ3) is 4.35. The van der Waals surface area contributed by atoms with Gasteiger partial charge in [0.15, 0.2) is 11.6 Å². The van der Waals surface area contributed by atoms with Crippen LogP contribution in [-0.2, 0) is 4.74 Å². The van der Waals surface area contributed by atoms with Crippen LogP contribution in [0.15, 0.2) is 35.0 Å². The molecule has 1 saturated heterocycles. The van der Waals surface area contributed by atoms with Crippen molar-refractivity contribution in [3.63, 3.8) is 0 Å². The summed E-state index contributed by atoms with van der Waals surface area (Å²) in [6, 6.07) is 5.58. The van der Waals surface area contributed by atoms with E-state index in [2.05, 4.69) is 23.7 Å². The molecule has 4 nitrogen and oxygen atoms in total. The zero-order chi connectivity index (χ0) is 17.8. The number of morpholine rings is 1. The minimum Gasteiger partial charge on any atom is -0.370 e. The molecule has 2 amide bonds. The van der Waals surface area contributed by atoms with Gasteiger partial charge in [0.2, 0.25) is 0 Å². The van der Waals surface area contributed by atoms with Crippen molar-refractivity contribution in [3.05, 3.63) is 57.8 Å². The van der Waals surface area contributed by atoms with Crippen LogP contribution < -0.4 is 5.32 Å². The molecular formula is C18H20F2N2O2S. The number of carbonyl (C=O) groups is 1. The molecule has 25 heavy (non-hydrogen) atoms. The smallest absolute Gasteiger partial charge is 0.317 e. The van der Waals surface area contributed by atoms with E-state index in [1.807, 2.05) is 5.38 Å². The Balaban J connectivity index is 1.57. The highest BCUT2D eigenvalue weighted by atomic mass is 32.1. The molecule has 0 unspecified atom stereocenters. The normalized spacial score (nSPS) is 18.8. The van der Waals surface area contributed by atoms with Crippen molar-refractivity contribution < 1.29 is 18.3 Å². The van der Waals surface area contributed by atoms with Crippen LogP contribution in [0.25, 0.3) is 0 Å². The molecule has 2 atom stereocenters. The number of benzene rings is 1. The highest BCUT2D eigenvalue weighted by molar-refractivity contribution is 7.07. The highest BCUT2D eigenvalue weighted by Gasteiger charge is 2.26. The minimum absolute atomic E-state index is 0.169. The fourth-order valence-corrected chi connectivity index (χ4v) is 3.56. The van der Waals surface area contributed by atoms with Gasteiger partial charge >= 0.3 is 6.03 Å². The van der Waals surface area contributed by atoms with E-state index in [-0.39, 0.29) is 11.9 Å². The van der Waals surface area contributed by atoms with E-state index in [4.69, 9.17) is 4.74 Å². The van der Waals surface area contributed by atoms with Gasteiger partial charge in [0.25, 0.3) is 0 Å². The van der Waals surface area contributed by atoms with E-state index in [0.717, 1.165) is 12.1 Å². The molecule has 1 fully saturated rings. The standard InChI is InChI=1S/C18H20F2N2O2S/c1-12(14-4-7-25-11-14)9-21-18(23)22-5-6-24-17(10-22)13-2-3-15(19)16(20)8-13/h2-4,7-8,11-12,17H,5-6,9-10H2,1H3,(H,21,23)/t12-,17+/m0/s1. The van der Waals surface area contributed by atoms with Crippen molar-refractivity contribution in [1.29, 1.82) is 0 Å². The number of nitrogens with one attached hydrogen (secondary N) is 1. The summed E-state index contributed by atoms with van der Waals surface area (Å²) < 4.78 is 32.1. The molecule has 1 N–H and O–H groups in total. The summed E-state index contributed by atoms with van der Waals surface area (Å²) in [7, 11) is 0. The molecule has 3 rings (SSSR count). The van der Waals surface area contributed by atoms with Crippen LogP contribution in [-0.4, -0.2) is 37.2 Å². The monoisotopic (exact) mass is 366 g/mol. The van der Waals surface area contributed by atoms with Crippen LogP contribution in [0.2, 0.25) is 0 Å². The Morgan fingerprint density at radius 2 is 2.24 bits per heavy atom. The number of hydrogen-bond acceptors (Lipinski definition) is 3. The highest BCUT2D eigenvalue weighted by Crippen LogP contribution is 2.24. The molecule has 1 aliphatic heterocycles. The quantitative estimate of drug-likeness (QED) is 0.891. The van der Waals surface area contributed by atoms with Crippen LogP contribution >= 0.6 is 11.3 Å². The average molecular weight is 366 g/mol. The molecule has 2 heterocycles. The van der Waals surface area contributed by atoms with Gasteiger partial charge in [-0.2, -0.15) is 11.3 Å². The van der Waals surface area contributed by atoms with Crippen molar-refractivity contribution in [2.24, 2.45) is 0 Å². The zero-order valence-electron chi connectivity index (χ0n) is 13.9. The molecular weight excluding hydrogens is 346 g/mol. The fourth-order valence-electron chi connectivity index (χ4n) is 2.77. The van der Waals surface area contributed by atoms with E-state index in [9.17, 15) is 13.6 Å². The molecule has 0 aliphatic carbocycles. The number of amides is 2. The van der Waals surface area contributed by atoms with Crippen molar-refractivity contribution >= 4 is 17.4 Å². The zero-order valence-corrected chi connectivity index (χ0v) is 14.7. The lowest BCUT2D eigenvalue weighted by atomic mass is 10.1. The van der Waals surface area contributed by atoms with Crippen molar-refractivity contribution in [2.75, 3.05) is 26.2 Å². The van der Waals surface area contributed by atoms with E-state index < -0.39 is 17.7 Å². The third-order valence-corrected chi connectivity index (χ3v) is 5.04. The number of urea groups is 1. The van der Waals surface area contributed by atoms with Crippen LogP contribution in [0, 0.1) is 11.6 Å². The first-order chi connectivity index (χ1) is 12.0. The molecule has 0 radical (unpaired) electrons. The van der Waals surface area contributed by atoms with Crippen molar-refractivity contribution in [2.45, 2.75) is 18.9 Å². The second kappa shape index (κ2) is 7.93. The Labute approximate surface area is 149 Å². The number of nitrogens with zero attached hydrogens (tertiary/aromatic N) is 1. The lowest BCUT2D eigenvalue weighted by Gasteiger charge is -2.33. The van der Waals surface area contributed by atoms with Crippen LogP contribution in [0.3, 0.4) is 0 Å². The molecule has 1 aliphatic rings. The van der Waals surface area contributed by atoms with Gasteiger partial charge in [0, 0.05) is 13.1 Å². The SMILES string of the molecule is C[C@@H](CNC(=O)N1CCO[C@@H](c2ccc(F)c(F)c2)C1)c1ccsc1. The summed E-state index contributed by atoms with van der Waals surface area (Å²) in [5.74, 6) is -1.57. The first-order valence-corrected chi connectivity index (χ1v) is 9.10. The van der Waals surface area contributed by atoms with Crippen LogP contribution in [0.4, 0.5) is 13.6 Å². The maximum Gasteiger partial charge on any atom is 0.317 e. The number of carbonyl (C=O) groups excluding carboxylic acids is 1. The Kier molecular flexibility index (Phi) is 5.65. The fraction of sp³-hybridized carbons (Fsp3) is 0.389. The molecule has 0 spiro atoms. The predicted molar refractivity (Wildman–Crippen MR) is 92.8 cm³/mol. The summed E-state index contributed by atoms with van der Waals surface area (Å²) in [5.41, 5.74) is 1.73. The topological polar surface area (TPSA) is 41.6 Å². The first kappa shape index (κ1) is 17.8. The van der Waals surface area contributed by atoms with Crippen LogP contribution in [0.5, 0.6) is 0 Å². The van der Waals surface area contributed by atoms with E-state index >= 15 is 0 Å². The number of halogens is 2. The second-order valence-electron chi connectivity index (χ2n) is 6.12. The van der Waals surface area contributed by atoms with Gasteiger partial charge in [-0.05, 0) is 46.0 Å². The van der Waals surface area contributed by atoms with Gasteiger partial charge in [-0.25, -0.2) is 13.6 Å². The number of hydrogen-bond donors (Lipinski definition) is 1. The summed E-state index contributed by atoms with van der Waals surface area (Å²) in [5, 5.41) is 7.02. The summed E-state index contributed by atoms with van der Waals surface area (Å²) in [4.78, 5) is 14.0. The number of rotatable bonds is 4. The summed E-state index contributed by atoms with van der Waals surface area (Å²) in [6.07, 6.45) is -0.455. The molecule has 0 saturated carbocycles. The average Bonchev–Trinajstić information content (AvgIpc) is 3.16. The number of ether oxygens (including phenoxy) is 1. The Hall–Kier alpha value is -1.99. The molecule has 7 heteroatoms. The summed E-state index contributed by atoms with van der Waals surface area (Å²) in [6.45, 7) is 3.74. The maximum absolute atomic E-state index is 13.4. The van der Waals surface area contributed by atoms with Crippen molar-refractivity contribution in [1.82, 2.24) is 10.2 Å². The lowest BCUT2D eigenvalue weighted by Crippen LogP contribution is -2.47. The van der Waals surface area contributed by atoms with Gasteiger partial charge in [0.05, 0.1) is 13.2 Å². The predicted octanol–water partition coefficient (Wildman–Crippen LogP) is 3.91. The number of thiophene rings is 1. The Morgan fingerprint density at radius 1 is 1.40 bits per heavy atom. The van der Waals surface area contributed by atoms with Gasteiger partial charge in [-0.15, -0.1) is 0 Å². The molecule has 2 aromatic rings. The van der Waals surface area contributed by atoms with E-state index in [0.29, 0.717) is 31.8 Å². The maximum atomic E-state index is 13.4.